The Kier molecular flexibility index (Phi) is 6.47. The van der Waals surface area contributed by atoms with Crippen molar-refractivity contribution in [1.82, 2.24) is 4.90 Å². The first-order valence-electron chi connectivity index (χ1n) is 10.9. The molecule has 1 atom stereocenters. The second-order valence-electron chi connectivity index (χ2n) is 8.17. The molecule has 0 radical (unpaired) electrons. The van der Waals surface area contributed by atoms with Crippen LogP contribution in [0.25, 0.3) is 0 Å². The minimum Gasteiger partial charge on any atom is -0.493 e. The average molecular weight is 472 g/mol. The predicted octanol–water partition coefficient (Wildman–Crippen LogP) is 3.67. The summed E-state index contributed by atoms with van der Waals surface area (Å²) in [6.07, 6.45) is 1.61. The summed E-state index contributed by atoms with van der Waals surface area (Å²) in [5.41, 5.74) is 7.63. The number of fused-ring (bicyclic) bond motifs is 1. The highest BCUT2D eigenvalue weighted by Crippen LogP contribution is 2.42. The van der Waals surface area contributed by atoms with Crippen LogP contribution >= 0.6 is 11.6 Å². The minimum atomic E-state index is -0.643. The zero-order valence-corrected chi connectivity index (χ0v) is 19.3. The van der Waals surface area contributed by atoms with Gasteiger partial charge in [0, 0.05) is 23.0 Å². The van der Waals surface area contributed by atoms with E-state index in [1.807, 2.05) is 6.92 Å². The molecular formula is C24H26ClN3O5. The van der Waals surface area contributed by atoms with Crippen LogP contribution in [-0.4, -0.2) is 36.3 Å². The number of carbonyl (C=O) groups is 3. The van der Waals surface area contributed by atoms with Crippen molar-refractivity contribution in [2.24, 2.45) is 11.7 Å². The van der Waals surface area contributed by atoms with Gasteiger partial charge in [-0.3, -0.25) is 14.4 Å². The second kappa shape index (κ2) is 9.31. The summed E-state index contributed by atoms with van der Waals surface area (Å²) >= 11 is 6.43. The summed E-state index contributed by atoms with van der Waals surface area (Å²) in [4.78, 5) is 39.4. The number of hydrogen-bond donors (Lipinski definition) is 2. The van der Waals surface area contributed by atoms with Crippen LogP contribution in [0.2, 0.25) is 5.02 Å². The summed E-state index contributed by atoms with van der Waals surface area (Å²) < 4.78 is 11.0. The molecule has 33 heavy (non-hydrogen) atoms. The zero-order chi connectivity index (χ0) is 23.7. The van der Waals surface area contributed by atoms with Gasteiger partial charge in [-0.25, -0.2) is 0 Å². The first-order chi connectivity index (χ1) is 15.8. The van der Waals surface area contributed by atoms with E-state index in [9.17, 15) is 14.4 Å². The lowest BCUT2D eigenvalue weighted by atomic mass is 10.0. The Hall–Kier alpha value is -3.26. The fourth-order valence-electron chi connectivity index (χ4n) is 4.11. The van der Waals surface area contributed by atoms with Crippen molar-refractivity contribution in [1.29, 1.82) is 0 Å². The van der Waals surface area contributed by atoms with Gasteiger partial charge in [-0.1, -0.05) is 17.7 Å². The lowest BCUT2D eigenvalue weighted by molar-refractivity contribution is -0.119. The first-order valence-corrected chi connectivity index (χ1v) is 11.2. The van der Waals surface area contributed by atoms with Crippen LogP contribution in [0.15, 0.2) is 30.3 Å². The van der Waals surface area contributed by atoms with E-state index in [1.54, 1.807) is 42.3 Å². The van der Waals surface area contributed by atoms with Crippen molar-refractivity contribution in [2.75, 3.05) is 19.0 Å². The molecule has 3 N–H and O–H groups in total. The number of halogens is 1. The third kappa shape index (κ3) is 4.61. The largest absolute Gasteiger partial charge is 0.493 e. The molecule has 8 nitrogen and oxygen atoms in total. The molecule has 0 spiro atoms. The van der Waals surface area contributed by atoms with E-state index in [2.05, 4.69) is 5.32 Å². The van der Waals surface area contributed by atoms with Gasteiger partial charge in [0.15, 0.2) is 11.5 Å². The highest BCUT2D eigenvalue weighted by atomic mass is 35.5. The van der Waals surface area contributed by atoms with E-state index in [0.29, 0.717) is 45.5 Å². The third-order valence-corrected chi connectivity index (χ3v) is 6.26. The maximum absolute atomic E-state index is 13.6. The number of nitrogens with one attached hydrogen (secondary N) is 1. The topological polar surface area (TPSA) is 111 Å². The Labute approximate surface area is 197 Å². The molecule has 1 heterocycles. The van der Waals surface area contributed by atoms with Crippen molar-refractivity contribution < 1.29 is 23.9 Å². The molecule has 1 aliphatic carbocycles. The molecule has 174 valence electrons. The Morgan fingerprint density at radius 3 is 2.64 bits per heavy atom. The summed E-state index contributed by atoms with van der Waals surface area (Å²) in [7, 11) is 1.54. The van der Waals surface area contributed by atoms with Gasteiger partial charge >= 0.3 is 0 Å². The van der Waals surface area contributed by atoms with Gasteiger partial charge in [0.05, 0.1) is 37.4 Å². The maximum atomic E-state index is 13.6. The number of hydrogen-bond acceptors (Lipinski definition) is 5. The van der Waals surface area contributed by atoms with Crippen molar-refractivity contribution in [3.8, 4) is 11.5 Å². The molecule has 0 saturated heterocycles. The number of primary amides is 1. The number of ether oxygens (including phenoxy) is 2. The Balaban J connectivity index is 1.71. The molecule has 4 rings (SSSR count). The van der Waals surface area contributed by atoms with Crippen LogP contribution in [0.1, 0.15) is 53.7 Å². The molecule has 1 fully saturated rings. The number of benzene rings is 2. The molecule has 3 amide bonds. The molecular weight excluding hydrogens is 446 g/mol. The molecule has 0 bridgehead atoms. The van der Waals surface area contributed by atoms with Crippen LogP contribution in [0.4, 0.5) is 5.69 Å². The predicted molar refractivity (Wildman–Crippen MR) is 123 cm³/mol. The first kappa shape index (κ1) is 22.9. The number of amides is 3. The van der Waals surface area contributed by atoms with E-state index in [0.717, 1.165) is 12.8 Å². The molecule has 2 aromatic rings. The average Bonchev–Trinajstić information content (AvgIpc) is 3.58. The summed E-state index contributed by atoms with van der Waals surface area (Å²) in [6, 6.07) is 7.94. The SMILES string of the molecule is CCOc1cc([C@@H](CC(N)=O)N2Cc3c(Cl)ccc(NC(=O)C4CC4)c3C2=O)ccc1OC. The van der Waals surface area contributed by atoms with Crippen molar-refractivity contribution in [2.45, 2.75) is 38.8 Å². The van der Waals surface area contributed by atoms with Gasteiger partial charge in [-0.15, -0.1) is 0 Å². The lowest BCUT2D eigenvalue weighted by Gasteiger charge is -2.28. The highest BCUT2D eigenvalue weighted by Gasteiger charge is 2.39. The van der Waals surface area contributed by atoms with E-state index < -0.39 is 11.9 Å². The standard InChI is InChI=1S/C24H26ClN3O5/c1-3-33-20-10-14(6-9-19(20)32-2)18(11-21(26)29)28-12-15-16(25)7-8-17(22(15)24(28)31)27-23(30)13-4-5-13/h6-10,13,18H,3-5,11-12H2,1-2H3,(H2,26,29)(H,27,30)/t18-/m1/s1. The fourth-order valence-corrected chi connectivity index (χ4v) is 4.33. The van der Waals surface area contributed by atoms with Gasteiger partial charge in [-0.2, -0.15) is 0 Å². The van der Waals surface area contributed by atoms with E-state index >= 15 is 0 Å². The van der Waals surface area contributed by atoms with Crippen LogP contribution in [0, 0.1) is 5.92 Å². The third-order valence-electron chi connectivity index (χ3n) is 5.91. The van der Waals surface area contributed by atoms with Gasteiger partial charge in [0.1, 0.15) is 0 Å². The van der Waals surface area contributed by atoms with Crippen LogP contribution < -0.4 is 20.5 Å². The normalized spacial score (nSPS) is 15.7. The van der Waals surface area contributed by atoms with Crippen LogP contribution in [-0.2, 0) is 16.1 Å². The van der Waals surface area contributed by atoms with E-state index in [4.69, 9.17) is 26.8 Å². The second-order valence-corrected chi connectivity index (χ2v) is 8.58. The fraction of sp³-hybridized carbons (Fsp3) is 0.375. The monoisotopic (exact) mass is 471 g/mol. The molecule has 1 aliphatic heterocycles. The molecule has 0 aromatic heterocycles. The number of methoxy groups -OCH3 is 1. The highest BCUT2D eigenvalue weighted by molar-refractivity contribution is 6.32. The molecule has 2 aliphatic rings. The van der Waals surface area contributed by atoms with E-state index in [-0.39, 0.29) is 30.7 Å². The van der Waals surface area contributed by atoms with Crippen molar-refractivity contribution in [3.63, 3.8) is 0 Å². The van der Waals surface area contributed by atoms with Crippen molar-refractivity contribution >= 4 is 35.0 Å². The summed E-state index contributed by atoms with van der Waals surface area (Å²) in [6.45, 7) is 2.47. The molecule has 2 aromatic carbocycles. The minimum absolute atomic E-state index is 0.0113. The summed E-state index contributed by atoms with van der Waals surface area (Å²) in [5.74, 6) is 0.0671. The van der Waals surface area contributed by atoms with Gasteiger partial charge in [-0.05, 0) is 49.6 Å². The maximum Gasteiger partial charge on any atom is 0.257 e. The Bertz CT molecular complexity index is 1120. The Morgan fingerprint density at radius 2 is 2.00 bits per heavy atom. The van der Waals surface area contributed by atoms with Crippen LogP contribution in [0.5, 0.6) is 11.5 Å². The van der Waals surface area contributed by atoms with E-state index in [1.165, 1.54) is 0 Å². The van der Waals surface area contributed by atoms with Crippen molar-refractivity contribution in [3.05, 3.63) is 52.0 Å². The van der Waals surface area contributed by atoms with Crippen LogP contribution in [0.3, 0.4) is 0 Å². The van der Waals surface area contributed by atoms with Gasteiger partial charge < -0.3 is 25.4 Å². The zero-order valence-electron chi connectivity index (χ0n) is 18.5. The number of carbonyl (C=O) groups excluding carboxylic acids is 3. The molecule has 1 saturated carbocycles. The smallest absolute Gasteiger partial charge is 0.257 e. The van der Waals surface area contributed by atoms with Gasteiger partial charge in [0.2, 0.25) is 11.8 Å². The molecule has 0 unspecified atom stereocenters. The molecule has 9 heteroatoms. The quantitative estimate of drug-likeness (QED) is 0.579. The Morgan fingerprint density at radius 1 is 1.24 bits per heavy atom. The lowest BCUT2D eigenvalue weighted by Crippen LogP contribution is -2.32. The number of anilines is 1. The number of nitrogens with zero attached hydrogens (tertiary/aromatic N) is 1. The van der Waals surface area contributed by atoms with Gasteiger partial charge in [0.25, 0.3) is 5.91 Å². The number of nitrogens with two attached hydrogens (primary N) is 1. The summed E-state index contributed by atoms with van der Waals surface area (Å²) in [5, 5.41) is 3.29. The number of rotatable bonds is 9.